The molecule has 3 atom stereocenters. The summed E-state index contributed by atoms with van der Waals surface area (Å²) in [5, 5.41) is 19.5. The topological polar surface area (TPSA) is 114 Å². The molecule has 1 saturated heterocycles. The molecule has 8 heteroatoms. The van der Waals surface area contributed by atoms with Crippen LogP contribution in [0.2, 0.25) is 0 Å². The normalized spacial score (nSPS) is 29.6. The summed E-state index contributed by atoms with van der Waals surface area (Å²) >= 11 is 0. The van der Waals surface area contributed by atoms with Crippen molar-refractivity contribution in [3.8, 4) is 5.75 Å². The van der Waals surface area contributed by atoms with Crippen molar-refractivity contribution in [2.24, 2.45) is 0 Å². The van der Waals surface area contributed by atoms with Gasteiger partial charge in [0.25, 0.3) is 5.56 Å². The van der Waals surface area contributed by atoms with Crippen molar-refractivity contribution >= 4 is 0 Å². The fourth-order valence-electron chi connectivity index (χ4n) is 2.37. The van der Waals surface area contributed by atoms with Crippen molar-refractivity contribution in [3.05, 3.63) is 27.0 Å². The molecular weight excluding hydrogens is 268 g/mol. The van der Waals surface area contributed by atoms with Crippen molar-refractivity contribution in [1.82, 2.24) is 9.55 Å². The monoisotopic (exact) mass is 286 g/mol. The van der Waals surface area contributed by atoms with E-state index in [1.54, 1.807) is 6.92 Å². The van der Waals surface area contributed by atoms with Crippen molar-refractivity contribution in [1.29, 1.82) is 0 Å². The Kier molecular flexibility index (Phi) is 3.98. The Labute approximate surface area is 114 Å². The number of aromatic amines is 1. The van der Waals surface area contributed by atoms with E-state index in [0.29, 0.717) is 6.42 Å². The van der Waals surface area contributed by atoms with Gasteiger partial charge in [-0.05, 0) is 6.42 Å². The van der Waals surface area contributed by atoms with Crippen molar-refractivity contribution in [2.45, 2.75) is 37.7 Å². The summed E-state index contributed by atoms with van der Waals surface area (Å²) in [7, 11) is 1.31. The summed E-state index contributed by atoms with van der Waals surface area (Å²) in [6.45, 7) is 1.43. The molecule has 0 aromatic carbocycles. The largest absolute Gasteiger partial charge is 0.490 e. The zero-order valence-corrected chi connectivity index (χ0v) is 11.3. The first-order valence-corrected chi connectivity index (χ1v) is 6.33. The zero-order valence-electron chi connectivity index (χ0n) is 11.3. The first-order valence-electron chi connectivity index (χ1n) is 6.33. The van der Waals surface area contributed by atoms with Crippen LogP contribution < -0.4 is 16.0 Å². The molecule has 0 radical (unpaired) electrons. The average Bonchev–Trinajstić information content (AvgIpc) is 2.76. The maximum Gasteiger partial charge on any atom is 0.330 e. The van der Waals surface area contributed by atoms with Gasteiger partial charge in [-0.1, -0.05) is 6.92 Å². The Hall–Kier alpha value is -1.64. The third kappa shape index (κ3) is 2.26. The average molecular weight is 286 g/mol. The number of hydrogen-bond acceptors (Lipinski definition) is 6. The molecule has 0 aliphatic carbocycles. The lowest BCUT2D eigenvalue weighted by atomic mass is 9.95. The number of hydrogen-bond donors (Lipinski definition) is 3. The number of rotatable bonds is 4. The van der Waals surface area contributed by atoms with Gasteiger partial charge in [-0.2, -0.15) is 0 Å². The van der Waals surface area contributed by atoms with Crippen LogP contribution >= 0.6 is 0 Å². The number of methoxy groups -OCH3 is 1. The maximum atomic E-state index is 11.8. The Balaban J connectivity index is 2.39. The molecule has 1 aromatic heterocycles. The van der Waals surface area contributed by atoms with Gasteiger partial charge >= 0.3 is 5.69 Å². The third-order valence-corrected chi connectivity index (χ3v) is 3.73. The second-order valence-electron chi connectivity index (χ2n) is 4.76. The molecule has 20 heavy (non-hydrogen) atoms. The molecule has 1 aliphatic heterocycles. The summed E-state index contributed by atoms with van der Waals surface area (Å²) in [6, 6.07) is 0. The van der Waals surface area contributed by atoms with Crippen molar-refractivity contribution in [2.75, 3.05) is 13.7 Å². The number of H-pyrrole nitrogens is 1. The number of aliphatic hydroxyl groups excluding tert-OH is 2. The van der Waals surface area contributed by atoms with Crippen LogP contribution in [0.25, 0.3) is 0 Å². The summed E-state index contributed by atoms with van der Waals surface area (Å²) in [5.74, 6) is -0.0271. The van der Waals surface area contributed by atoms with Gasteiger partial charge in [0.05, 0.1) is 26.0 Å². The van der Waals surface area contributed by atoms with E-state index in [1.165, 1.54) is 13.3 Å². The van der Waals surface area contributed by atoms with Crippen molar-refractivity contribution < 1.29 is 19.7 Å². The highest BCUT2D eigenvalue weighted by atomic mass is 16.6. The predicted molar refractivity (Wildman–Crippen MR) is 68.7 cm³/mol. The number of aliphatic hydroxyl groups is 2. The van der Waals surface area contributed by atoms with E-state index in [9.17, 15) is 19.8 Å². The van der Waals surface area contributed by atoms with Gasteiger partial charge in [0.2, 0.25) is 5.75 Å². The number of nitrogens with zero attached hydrogens (tertiary/aromatic N) is 1. The molecule has 0 spiro atoms. The second kappa shape index (κ2) is 5.39. The van der Waals surface area contributed by atoms with Gasteiger partial charge in [0.15, 0.2) is 0 Å². The van der Waals surface area contributed by atoms with E-state index in [-0.39, 0.29) is 18.8 Å². The molecule has 0 saturated carbocycles. The molecule has 1 aromatic rings. The highest BCUT2D eigenvalue weighted by Crippen LogP contribution is 2.38. The third-order valence-electron chi connectivity index (χ3n) is 3.73. The van der Waals surface area contributed by atoms with Gasteiger partial charge in [-0.25, -0.2) is 4.79 Å². The van der Waals surface area contributed by atoms with Crippen LogP contribution in [0.3, 0.4) is 0 Å². The molecule has 2 rings (SSSR count). The SMILES string of the molecule is CC[C@]1(CO)OC(n2cc(OC)c(=O)[nH]c2=O)C[C@@H]1O. The maximum absolute atomic E-state index is 11.8. The molecule has 0 amide bonds. The van der Waals surface area contributed by atoms with E-state index in [4.69, 9.17) is 9.47 Å². The summed E-state index contributed by atoms with van der Waals surface area (Å²) < 4.78 is 11.7. The molecule has 3 N–H and O–H groups in total. The first-order chi connectivity index (χ1) is 9.47. The Morgan fingerprint density at radius 1 is 1.60 bits per heavy atom. The Bertz CT molecular complexity index is 588. The minimum Gasteiger partial charge on any atom is -0.490 e. The molecule has 1 aliphatic rings. The molecule has 112 valence electrons. The molecule has 1 fully saturated rings. The summed E-state index contributed by atoms with van der Waals surface area (Å²) in [4.78, 5) is 25.4. The van der Waals surface area contributed by atoms with E-state index in [0.717, 1.165) is 4.57 Å². The lowest BCUT2D eigenvalue weighted by Gasteiger charge is -2.28. The minimum absolute atomic E-state index is 0.0271. The van der Waals surface area contributed by atoms with Gasteiger partial charge < -0.3 is 19.7 Å². The van der Waals surface area contributed by atoms with Gasteiger partial charge in [-0.15, -0.1) is 0 Å². The van der Waals surface area contributed by atoms with E-state index < -0.39 is 29.2 Å². The Morgan fingerprint density at radius 3 is 2.80 bits per heavy atom. The van der Waals surface area contributed by atoms with Crippen molar-refractivity contribution in [3.63, 3.8) is 0 Å². The standard InChI is InChI=1S/C12H18N2O6/c1-3-12(6-15)8(16)4-9(20-12)14-5-7(19-2)10(17)13-11(14)18/h5,8-9,15-16H,3-4,6H2,1-2H3,(H,13,17,18)/t8-,9?,12+/m0/s1. The van der Waals surface area contributed by atoms with Gasteiger partial charge in [0, 0.05) is 6.42 Å². The van der Waals surface area contributed by atoms with Crippen LogP contribution in [0.15, 0.2) is 15.8 Å². The fourth-order valence-corrected chi connectivity index (χ4v) is 2.37. The second-order valence-corrected chi connectivity index (χ2v) is 4.76. The van der Waals surface area contributed by atoms with Crippen LogP contribution in [0, 0.1) is 0 Å². The predicted octanol–water partition coefficient (Wildman–Crippen LogP) is -1.03. The molecule has 2 heterocycles. The van der Waals surface area contributed by atoms with Gasteiger partial charge in [0.1, 0.15) is 11.8 Å². The smallest absolute Gasteiger partial charge is 0.330 e. The highest BCUT2D eigenvalue weighted by Gasteiger charge is 2.47. The quantitative estimate of drug-likeness (QED) is 0.652. The van der Waals surface area contributed by atoms with E-state index in [2.05, 4.69) is 4.98 Å². The number of aromatic nitrogens is 2. The Morgan fingerprint density at radius 2 is 2.30 bits per heavy atom. The molecule has 8 nitrogen and oxygen atoms in total. The fraction of sp³-hybridized carbons (Fsp3) is 0.667. The van der Waals surface area contributed by atoms with Crippen LogP contribution in [0.4, 0.5) is 0 Å². The molecule has 0 bridgehead atoms. The number of nitrogens with one attached hydrogen (secondary N) is 1. The number of ether oxygens (including phenoxy) is 2. The highest BCUT2D eigenvalue weighted by molar-refractivity contribution is 5.12. The lowest BCUT2D eigenvalue weighted by Crippen LogP contribution is -2.42. The van der Waals surface area contributed by atoms with Crippen LogP contribution in [0.5, 0.6) is 5.75 Å². The first kappa shape index (κ1) is 14.8. The lowest BCUT2D eigenvalue weighted by molar-refractivity contribution is -0.130. The minimum atomic E-state index is -1.09. The summed E-state index contributed by atoms with van der Waals surface area (Å²) in [6.07, 6.45) is 0.115. The summed E-state index contributed by atoms with van der Waals surface area (Å²) in [5.41, 5.74) is -2.37. The van der Waals surface area contributed by atoms with Crippen LogP contribution in [-0.4, -0.2) is 45.2 Å². The van der Waals surface area contributed by atoms with Crippen LogP contribution in [0.1, 0.15) is 26.0 Å². The van der Waals surface area contributed by atoms with Gasteiger partial charge in [-0.3, -0.25) is 14.3 Å². The zero-order chi connectivity index (χ0) is 14.9. The van der Waals surface area contributed by atoms with Crippen LogP contribution in [-0.2, 0) is 4.74 Å². The molecular formula is C12H18N2O6. The van der Waals surface area contributed by atoms with E-state index in [1.807, 2.05) is 0 Å². The van der Waals surface area contributed by atoms with E-state index >= 15 is 0 Å². The molecule has 1 unspecified atom stereocenters.